The smallest absolute Gasteiger partial charge is 0.0590 e. The first-order valence-corrected chi connectivity index (χ1v) is 5.07. The van der Waals surface area contributed by atoms with Gasteiger partial charge in [-0.3, -0.25) is 0 Å². The topological polar surface area (TPSA) is 35.2 Å². The molecule has 0 bridgehead atoms. The second kappa shape index (κ2) is 4.83. The van der Waals surface area contributed by atoms with Gasteiger partial charge < -0.3 is 10.5 Å². The van der Waals surface area contributed by atoms with Gasteiger partial charge in [0.25, 0.3) is 0 Å². The van der Waals surface area contributed by atoms with Gasteiger partial charge in [0.15, 0.2) is 0 Å². The zero-order chi connectivity index (χ0) is 8.97. The normalized spacial score (nSPS) is 27.5. The molecule has 0 aromatic rings. The van der Waals surface area contributed by atoms with Crippen LogP contribution >= 0.6 is 0 Å². The molecule has 1 aliphatic heterocycles. The van der Waals surface area contributed by atoms with Gasteiger partial charge in [-0.05, 0) is 31.6 Å². The number of ether oxygens (including phenoxy) is 1. The molecular weight excluding hydrogens is 150 g/mol. The summed E-state index contributed by atoms with van der Waals surface area (Å²) in [5.41, 5.74) is 5.97. The van der Waals surface area contributed by atoms with Crippen molar-refractivity contribution in [2.45, 2.75) is 51.7 Å². The summed E-state index contributed by atoms with van der Waals surface area (Å²) in [5.74, 6) is 0.579. The van der Waals surface area contributed by atoms with Crippen LogP contribution in [0.5, 0.6) is 0 Å². The molecule has 72 valence electrons. The maximum absolute atomic E-state index is 5.97. The van der Waals surface area contributed by atoms with Crippen LogP contribution in [0.1, 0.15) is 39.5 Å². The first-order chi connectivity index (χ1) is 5.70. The minimum atomic E-state index is 0.313. The Balaban J connectivity index is 2.20. The van der Waals surface area contributed by atoms with Gasteiger partial charge in [-0.25, -0.2) is 0 Å². The summed E-state index contributed by atoms with van der Waals surface area (Å²) in [5, 5.41) is 0. The summed E-state index contributed by atoms with van der Waals surface area (Å²) >= 11 is 0. The highest BCUT2D eigenvalue weighted by atomic mass is 16.5. The lowest BCUT2D eigenvalue weighted by Crippen LogP contribution is -2.33. The Morgan fingerprint density at radius 2 is 2.17 bits per heavy atom. The number of nitrogens with two attached hydrogens (primary N) is 1. The van der Waals surface area contributed by atoms with Crippen LogP contribution in [0.3, 0.4) is 0 Å². The summed E-state index contributed by atoms with van der Waals surface area (Å²) in [7, 11) is 0. The van der Waals surface area contributed by atoms with Gasteiger partial charge in [-0.15, -0.1) is 0 Å². The van der Waals surface area contributed by atoms with E-state index in [1.54, 1.807) is 0 Å². The molecule has 1 rings (SSSR count). The highest BCUT2D eigenvalue weighted by Gasteiger charge is 2.18. The summed E-state index contributed by atoms with van der Waals surface area (Å²) in [6.07, 6.45) is 5.23. The third-order valence-corrected chi connectivity index (χ3v) is 2.67. The van der Waals surface area contributed by atoms with E-state index >= 15 is 0 Å². The maximum atomic E-state index is 5.97. The van der Waals surface area contributed by atoms with E-state index in [1.807, 2.05) is 0 Å². The molecule has 1 saturated heterocycles. The van der Waals surface area contributed by atoms with Crippen molar-refractivity contribution in [2.24, 2.45) is 11.7 Å². The van der Waals surface area contributed by atoms with Crippen LogP contribution in [0.4, 0.5) is 0 Å². The molecule has 2 unspecified atom stereocenters. The quantitative estimate of drug-likeness (QED) is 0.704. The van der Waals surface area contributed by atoms with Crippen molar-refractivity contribution in [3.05, 3.63) is 0 Å². The van der Waals surface area contributed by atoms with E-state index in [4.69, 9.17) is 10.5 Å². The van der Waals surface area contributed by atoms with Crippen molar-refractivity contribution in [2.75, 3.05) is 6.61 Å². The molecule has 1 fully saturated rings. The molecule has 2 heteroatoms. The van der Waals surface area contributed by atoms with E-state index in [9.17, 15) is 0 Å². The molecule has 0 aliphatic carbocycles. The molecule has 1 heterocycles. The molecule has 0 amide bonds. The number of rotatable bonds is 3. The van der Waals surface area contributed by atoms with Crippen molar-refractivity contribution in [1.82, 2.24) is 0 Å². The molecule has 1 aliphatic rings. The number of hydrogen-bond donors (Lipinski definition) is 1. The second-order valence-electron chi connectivity index (χ2n) is 4.13. The largest absolute Gasteiger partial charge is 0.378 e. The predicted molar refractivity (Wildman–Crippen MR) is 51.0 cm³/mol. The highest BCUT2D eigenvalue weighted by Crippen LogP contribution is 2.18. The lowest BCUT2D eigenvalue weighted by Gasteiger charge is -2.26. The van der Waals surface area contributed by atoms with E-state index in [0.29, 0.717) is 18.1 Å². The second-order valence-corrected chi connectivity index (χ2v) is 4.13. The van der Waals surface area contributed by atoms with Crippen molar-refractivity contribution in [3.8, 4) is 0 Å². The first kappa shape index (κ1) is 10.0. The van der Waals surface area contributed by atoms with Crippen LogP contribution < -0.4 is 5.73 Å². The maximum Gasteiger partial charge on any atom is 0.0590 e. The average Bonchev–Trinajstić information content (AvgIpc) is 2.06. The first-order valence-electron chi connectivity index (χ1n) is 5.07. The van der Waals surface area contributed by atoms with Gasteiger partial charge in [0.1, 0.15) is 0 Å². The van der Waals surface area contributed by atoms with Gasteiger partial charge >= 0.3 is 0 Å². The molecule has 12 heavy (non-hydrogen) atoms. The zero-order valence-corrected chi connectivity index (χ0v) is 8.25. The lowest BCUT2D eigenvalue weighted by molar-refractivity contribution is 0.00497. The minimum Gasteiger partial charge on any atom is -0.378 e. The van der Waals surface area contributed by atoms with Crippen molar-refractivity contribution >= 4 is 0 Å². The van der Waals surface area contributed by atoms with E-state index in [-0.39, 0.29) is 0 Å². The van der Waals surface area contributed by atoms with Crippen LogP contribution in [0.2, 0.25) is 0 Å². The Hall–Kier alpha value is -0.0800. The fraction of sp³-hybridized carbons (Fsp3) is 1.00. The molecule has 2 atom stereocenters. The molecule has 0 radical (unpaired) electrons. The fourth-order valence-electron chi connectivity index (χ4n) is 1.57. The molecule has 2 nitrogen and oxygen atoms in total. The van der Waals surface area contributed by atoms with Gasteiger partial charge in [-0.2, -0.15) is 0 Å². The van der Waals surface area contributed by atoms with Crippen molar-refractivity contribution < 1.29 is 4.74 Å². The summed E-state index contributed by atoms with van der Waals surface area (Å²) in [4.78, 5) is 0. The lowest BCUT2D eigenvalue weighted by atomic mass is 9.95. The minimum absolute atomic E-state index is 0.313. The Bertz CT molecular complexity index is 119. The predicted octanol–water partition coefficient (Wildman–Crippen LogP) is 1.93. The highest BCUT2D eigenvalue weighted by molar-refractivity contribution is 4.73. The van der Waals surface area contributed by atoms with Crippen LogP contribution in [-0.2, 0) is 4.74 Å². The van der Waals surface area contributed by atoms with Gasteiger partial charge in [0, 0.05) is 12.6 Å². The summed E-state index contributed by atoms with van der Waals surface area (Å²) in [6, 6.07) is 0.313. The standard InChI is InChI=1S/C10H21NO/c1-8(2)10(11)7-9-5-3-4-6-12-9/h8-10H,3-7,11H2,1-2H3. The van der Waals surface area contributed by atoms with E-state index < -0.39 is 0 Å². The van der Waals surface area contributed by atoms with Crippen molar-refractivity contribution in [3.63, 3.8) is 0 Å². The Morgan fingerprint density at radius 1 is 1.42 bits per heavy atom. The van der Waals surface area contributed by atoms with Crippen LogP contribution in [0.25, 0.3) is 0 Å². The van der Waals surface area contributed by atoms with Crippen LogP contribution in [0.15, 0.2) is 0 Å². The van der Waals surface area contributed by atoms with E-state index in [2.05, 4.69) is 13.8 Å². The zero-order valence-electron chi connectivity index (χ0n) is 8.25. The molecule has 0 aromatic carbocycles. The molecule has 2 N–H and O–H groups in total. The van der Waals surface area contributed by atoms with Gasteiger partial charge in [0.05, 0.1) is 6.10 Å². The Labute approximate surface area is 75.5 Å². The number of hydrogen-bond acceptors (Lipinski definition) is 2. The monoisotopic (exact) mass is 171 g/mol. The molecule has 0 aromatic heterocycles. The SMILES string of the molecule is CC(C)C(N)CC1CCCCO1. The third-order valence-electron chi connectivity index (χ3n) is 2.67. The summed E-state index contributed by atoms with van der Waals surface area (Å²) in [6.45, 7) is 5.29. The molecule has 0 spiro atoms. The molecule has 0 saturated carbocycles. The van der Waals surface area contributed by atoms with Crippen LogP contribution in [0, 0.1) is 5.92 Å². The fourth-order valence-corrected chi connectivity index (χ4v) is 1.57. The van der Waals surface area contributed by atoms with Crippen LogP contribution in [-0.4, -0.2) is 18.8 Å². The Kier molecular flexibility index (Phi) is 4.02. The van der Waals surface area contributed by atoms with E-state index in [0.717, 1.165) is 13.0 Å². The van der Waals surface area contributed by atoms with Gasteiger partial charge in [-0.1, -0.05) is 13.8 Å². The summed E-state index contributed by atoms with van der Waals surface area (Å²) < 4.78 is 5.62. The average molecular weight is 171 g/mol. The van der Waals surface area contributed by atoms with Crippen molar-refractivity contribution in [1.29, 1.82) is 0 Å². The van der Waals surface area contributed by atoms with Gasteiger partial charge in [0.2, 0.25) is 0 Å². The Morgan fingerprint density at radius 3 is 2.67 bits per heavy atom. The van der Waals surface area contributed by atoms with E-state index in [1.165, 1.54) is 19.3 Å². The molecular formula is C10H21NO. The third kappa shape index (κ3) is 3.11.